The molecule has 0 aliphatic carbocycles. The highest BCUT2D eigenvalue weighted by molar-refractivity contribution is 7.99. The van der Waals surface area contributed by atoms with Crippen molar-refractivity contribution < 1.29 is 14.3 Å². The summed E-state index contributed by atoms with van der Waals surface area (Å²) in [5.74, 6) is 2.04. The van der Waals surface area contributed by atoms with Gasteiger partial charge >= 0.3 is 0 Å². The largest absolute Gasteiger partial charge is 0.473 e. The Morgan fingerprint density at radius 3 is 2.88 bits per heavy atom. The number of nitrogens with zero attached hydrogens (tertiary/aromatic N) is 3. The predicted octanol–water partition coefficient (Wildman–Crippen LogP) is 2.68. The lowest BCUT2D eigenvalue weighted by Gasteiger charge is -2.11. The van der Waals surface area contributed by atoms with Crippen molar-refractivity contribution in [2.24, 2.45) is 0 Å². The molecule has 1 atom stereocenters. The van der Waals surface area contributed by atoms with Crippen LogP contribution in [0, 0.1) is 6.92 Å². The average Bonchev–Trinajstić information content (AvgIpc) is 3.24. The molecule has 1 aliphatic rings. The van der Waals surface area contributed by atoms with Gasteiger partial charge in [-0.15, -0.1) is 0 Å². The molecule has 9 heteroatoms. The molecule has 2 aromatic heterocycles. The maximum absolute atomic E-state index is 12.5. The number of hydrogen-bond acceptors (Lipinski definition) is 7. The minimum atomic E-state index is -0.310. The van der Waals surface area contributed by atoms with E-state index in [1.54, 1.807) is 39.3 Å². The number of aromatic nitrogens is 2. The van der Waals surface area contributed by atoms with E-state index in [1.165, 1.54) is 16.2 Å². The summed E-state index contributed by atoms with van der Waals surface area (Å²) < 4.78 is 5.82. The van der Waals surface area contributed by atoms with E-state index in [0.717, 1.165) is 17.9 Å². The summed E-state index contributed by atoms with van der Waals surface area (Å²) >= 11 is 3.02. The third-order valence-electron chi connectivity index (χ3n) is 3.79. The number of carbonyl (C=O) groups excluding carboxylic acids is 2. The van der Waals surface area contributed by atoms with E-state index >= 15 is 0 Å². The first-order valence-corrected chi connectivity index (χ1v) is 10.1. The zero-order valence-electron chi connectivity index (χ0n) is 14.8. The molecular weight excluding hydrogens is 372 g/mol. The molecule has 7 nitrogen and oxygen atoms in total. The number of amides is 2. The Hall–Kier alpha value is -2.13. The minimum Gasteiger partial charge on any atom is -0.473 e. The summed E-state index contributed by atoms with van der Waals surface area (Å²) in [7, 11) is 3.36. The van der Waals surface area contributed by atoms with Crippen molar-refractivity contribution in [3.05, 3.63) is 34.5 Å². The summed E-state index contributed by atoms with van der Waals surface area (Å²) in [5, 5.41) is 3.14. The molecule has 3 rings (SSSR count). The number of nitrogens with one attached hydrogen (secondary N) is 1. The van der Waals surface area contributed by atoms with Crippen molar-refractivity contribution in [1.82, 2.24) is 14.9 Å². The minimum absolute atomic E-state index is 0.130. The Kier molecular flexibility index (Phi) is 5.77. The fraction of sp³-hybridized carbons (Fsp3) is 0.412. The van der Waals surface area contributed by atoms with Crippen LogP contribution in [0.15, 0.2) is 18.3 Å². The fourth-order valence-electron chi connectivity index (χ4n) is 2.41. The van der Waals surface area contributed by atoms with E-state index in [-0.39, 0.29) is 17.9 Å². The number of pyridine rings is 1. The summed E-state index contributed by atoms with van der Waals surface area (Å²) in [4.78, 5) is 35.1. The molecule has 1 N–H and O–H groups in total. The monoisotopic (exact) mass is 392 g/mol. The highest BCUT2D eigenvalue weighted by Gasteiger charge is 2.20. The van der Waals surface area contributed by atoms with Crippen LogP contribution in [0.1, 0.15) is 32.1 Å². The first-order chi connectivity index (χ1) is 12.4. The molecule has 1 fully saturated rings. The van der Waals surface area contributed by atoms with Crippen LogP contribution in [0.3, 0.4) is 0 Å². The molecule has 0 saturated carbocycles. The van der Waals surface area contributed by atoms with Gasteiger partial charge < -0.3 is 9.64 Å². The van der Waals surface area contributed by atoms with Crippen molar-refractivity contribution in [2.45, 2.75) is 19.4 Å². The van der Waals surface area contributed by atoms with Gasteiger partial charge in [0, 0.05) is 37.7 Å². The van der Waals surface area contributed by atoms with Crippen LogP contribution in [-0.4, -0.2) is 58.4 Å². The van der Waals surface area contributed by atoms with E-state index < -0.39 is 0 Å². The molecular formula is C17H20N4O3S2. The Morgan fingerprint density at radius 2 is 2.19 bits per heavy atom. The Bertz CT molecular complexity index is 816. The van der Waals surface area contributed by atoms with Crippen LogP contribution in [0.4, 0.5) is 5.13 Å². The van der Waals surface area contributed by atoms with Crippen LogP contribution in [0.5, 0.6) is 5.88 Å². The number of carbonyl (C=O) groups is 2. The van der Waals surface area contributed by atoms with Gasteiger partial charge in [0.15, 0.2) is 5.13 Å². The highest BCUT2D eigenvalue weighted by atomic mass is 32.2. The van der Waals surface area contributed by atoms with Crippen molar-refractivity contribution in [3.8, 4) is 5.88 Å². The number of thioether (sulfide) groups is 1. The number of ether oxygens (including phenoxy) is 1. The quantitative estimate of drug-likeness (QED) is 0.842. The molecule has 0 bridgehead atoms. The maximum atomic E-state index is 12.5. The lowest BCUT2D eigenvalue weighted by Crippen LogP contribution is -2.21. The normalized spacial score (nSPS) is 16.3. The standard InChI is InChI=1S/C17H20N4O3S2/c1-10-14(16(23)21(2)3)26-17(19-10)20-15(22)11-4-6-18-13(8-11)24-12-5-7-25-9-12/h4,6,8,12H,5,7,9H2,1-3H3,(H,19,20,22)/t12-/m1/s1. The van der Waals surface area contributed by atoms with Crippen LogP contribution in [-0.2, 0) is 0 Å². The average molecular weight is 393 g/mol. The fourth-order valence-corrected chi connectivity index (χ4v) is 4.49. The lowest BCUT2D eigenvalue weighted by atomic mass is 10.2. The van der Waals surface area contributed by atoms with Gasteiger partial charge in [0.25, 0.3) is 11.8 Å². The number of hydrogen-bond donors (Lipinski definition) is 1. The summed E-state index contributed by atoms with van der Waals surface area (Å²) in [6, 6.07) is 3.25. The molecule has 138 valence electrons. The van der Waals surface area contributed by atoms with Crippen LogP contribution < -0.4 is 10.1 Å². The Morgan fingerprint density at radius 1 is 1.38 bits per heavy atom. The van der Waals surface area contributed by atoms with Gasteiger partial charge in [-0.25, -0.2) is 9.97 Å². The van der Waals surface area contributed by atoms with Gasteiger partial charge in [-0.3, -0.25) is 14.9 Å². The van der Waals surface area contributed by atoms with Crippen LogP contribution in [0.2, 0.25) is 0 Å². The summed E-state index contributed by atoms with van der Waals surface area (Å²) in [6.07, 6.45) is 2.69. The molecule has 1 saturated heterocycles. The molecule has 0 radical (unpaired) electrons. The SMILES string of the molecule is Cc1nc(NC(=O)c2ccnc(O[C@@H]3CCSC3)c2)sc1C(=O)N(C)C. The topological polar surface area (TPSA) is 84.4 Å². The molecule has 0 spiro atoms. The smallest absolute Gasteiger partial charge is 0.265 e. The van der Waals surface area contributed by atoms with E-state index in [1.807, 2.05) is 11.8 Å². The molecule has 2 aromatic rings. The van der Waals surface area contributed by atoms with Gasteiger partial charge in [-0.1, -0.05) is 11.3 Å². The molecule has 1 aliphatic heterocycles. The second-order valence-corrected chi connectivity index (χ2v) is 8.22. The van der Waals surface area contributed by atoms with E-state index in [0.29, 0.717) is 27.1 Å². The van der Waals surface area contributed by atoms with Crippen LogP contribution >= 0.6 is 23.1 Å². The van der Waals surface area contributed by atoms with Gasteiger partial charge in [0.2, 0.25) is 5.88 Å². The number of thiazole rings is 1. The Balaban J connectivity index is 1.70. The van der Waals surface area contributed by atoms with Gasteiger partial charge in [0.1, 0.15) is 11.0 Å². The third kappa shape index (κ3) is 4.34. The van der Waals surface area contributed by atoms with E-state index in [4.69, 9.17) is 4.74 Å². The van der Waals surface area contributed by atoms with Gasteiger partial charge in [0.05, 0.1) is 5.69 Å². The molecule has 26 heavy (non-hydrogen) atoms. The van der Waals surface area contributed by atoms with Crippen molar-refractivity contribution in [2.75, 3.05) is 30.9 Å². The molecule has 0 aromatic carbocycles. The summed E-state index contributed by atoms with van der Waals surface area (Å²) in [6.45, 7) is 1.75. The number of anilines is 1. The lowest BCUT2D eigenvalue weighted by molar-refractivity contribution is 0.0831. The zero-order chi connectivity index (χ0) is 18.7. The zero-order valence-corrected chi connectivity index (χ0v) is 16.4. The third-order valence-corrected chi connectivity index (χ3v) is 5.98. The number of aryl methyl sites for hydroxylation is 1. The maximum Gasteiger partial charge on any atom is 0.265 e. The summed E-state index contributed by atoms with van der Waals surface area (Å²) in [5.41, 5.74) is 1.04. The first kappa shape index (κ1) is 18.7. The highest BCUT2D eigenvalue weighted by Crippen LogP contribution is 2.25. The van der Waals surface area contributed by atoms with Gasteiger partial charge in [-0.2, -0.15) is 11.8 Å². The van der Waals surface area contributed by atoms with E-state index in [9.17, 15) is 9.59 Å². The predicted molar refractivity (Wildman–Crippen MR) is 103 cm³/mol. The van der Waals surface area contributed by atoms with Crippen molar-refractivity contribution in [1.29, 1.82) is 0 Å². The second kappa shape index (κ2) is 8.05. The van der Waals surface area contributed by atoms with Gasteiger partial charge in [-0.05, 0) is 25.2 Å². The molecule has 0 unspecified atom stereocenters. The van der Waals surface area contributed by atoms with Crippen molar-refractivity contribution in [3.63, 3.8) is 0 Å². The van der Waals surface area contributed by atoms with Crippen molar-refractivity contribution >= 4 is 40.0 Å². The number of rotatable bonds is 5. The first-order valence-electron chi connectivity index (χ1n) is 8.15. The Labute approximate surface area is 160 Å². The van der Waals surface area contributed by atoms with Crippen LogP contribution in [0.25, 0.3) is 0 Å². The molecule has 3 heterocycles. The van der Waals surface area contributed by atoms with E-state index in [2.05, 4.69) is 15.3 Å². The second-order valence-electron chi connectivity index (χ2n) is 6.07. The molecule has 2 amide bonds.